The third-order valence-corrected chi connectivity index (χ3v) is 7.36. The summed E-state index contributed by atoms with van der Waals surface area (Å²) in [7, 11) is -0.110. The number of aryl methyl sites for hydroxylation is 1. The van der Waals surface area contributed by atoms with Crippen molar-refractivity contribution in [1.29, 1.82) is 0 Å². The first-order chi connectivity index (χ1) is 13.3. The minimum Gasteiger partial charge on any atom is -0.497 e. The van der Waals surface area contributed by atoms with Gasteiger partial charge in [-0.1, -0.05) is 22.9 Å². The molecule has 0 radical (unpaired) electrons. The van der Waals surface area contributed by atoms with Crippen LogP contribution in [0.1, 0.15) is 12.8 Å². The Labute approximate surface area is 172 Å². The molecule has 0 saturated carbocycles. The van der Waals surface area contributed by atoms with E-state index in [-0.39, 0.29) is 29.4 Å². The molecule has 9 heteroatoms. The summed E-state index contributed by atoms with van der Waals surface area (Å²) in [6, 6.07) is 11.7. The highest BCUT2D eigenvalue weighted by molar-refractivity contribution is 7.91. The van der Waals surface area contributed by atoms with Crippen molar-refractivity contribution in [3.05, 3.63) is 52.3 Å². The molecular weight excluding hydrogens is 420 g/mol. The second-order valence-electron chi connectivity index (χ2n) is 6.16. The number of halogens is 1. The van der Waals surface area contributed by atoms with Crippen LogP contribution >= 0.6 is 22.9 Å². The molecule has 2 aromatic carbocycles. The monoisotopic (exact) mass is 438 g/mol. The number of thiazole rings is 1. The van der Waals surface area contributed by atoms with Gasteiger partial charge in [0.1, 0.15) is 5.75 Å². The molecule has 0 aliphatic rings. The fourth-order valence-electron chi connectivity index (χ4n) is 2.69. The van der Waals surface area contributed by atoms with E-state index in [2.05, 4.69) is 4.99 Å². The predicted octanol–water partition coefficient (Wildman–Crippen LogP) is 3.58. The number of benzene rings is 2. The minimum absolute atomic E-state index is 0.0599. The molecule has 0 N–H and O–H groups in total. The van der Waals surface area contributed by atoms with Crippen molar-refractivity contribution < 1.29 is 17.9 Å². The summed E-state index contributed by atoms with van der Waals surface area (Å²) >= 11 is 7.37. The average Bonchev–Trinajstić information content (AvgIpc) is 2.96. The second-order valence-corrected chi connectivity index (χ2v) is 9.71. The average molecular weight is 439 g/mol. The molecule has 148 valence electrons. The van der Waals surface area contributed by atoms with Crippen LogP contribution in [0.3, 0.4) is 0 Å². The Morgan fingerprint density at radius 1 is 1.21 bits per heavy atom. The summed E-state index contributed by atoms with van der Waals surface area (Å²) in [6.07, 6.45) is 0.265. The Morgan fingerprint density at radius 3 is 2.61 bits per heavy atom. The molecule has 0 fully saturated rings. The summed E-state index contributed by atoms with van der Waals surface area (Å²) in [5.74, 6) is 0.123. The number of sulfone groups is 1. The summed E-state index contributed by atoms with van der Waals surface area (Å²) in [6.45, 7) is 0. The van der Waals surface area contributed by atoms with E-state index in [0.29, 0.717) is 15.6 Å². The largest absolute Gasteiger partial charge is 0.497 e. The number of nitrogens with zero attached hydrogens (tertiary/aromatic N) is 2. The number of fused-ring (bicyclic) bond motifs is 1. The Morgan fingerprint density at radius 2 is 1.93 bits per heavy atom. The number of hydrogen-bond acceptors (Lipinski definition) is 5. The lowest BCUT2D eigenvalue weighted by molar-refractivity contribution is -0.118. The maximum atomic E-state index is 12.4. The van der Waals surface area contributed by atoms with Gasteiger partial charge in [-0.3, -0.25) is 4.79 Å². The molecule has 1 heterocycles. The zero-order valence-electron chi connectivity index (χ0n) is 15.4. The van der Waals surface area contributed by atoms with Gasteiger partial charge in [-0.25, -0.2) is 8.42 Å². The highest BCUT2D eigenvalue weighted by atomic mass is 35.5. The van der Waals surface area contributed by atoms with E-state index in [1.54, 1.807) is 18.2 Å². The van der Waals surface area contributed by atoms with Gasteiger partial charge in [0.2, 0.25) is 5.91 Å². The van der Waals surface area contributed by atoms with Crippen LogP contribution in [0.5, 0.6) is 5.75 Å². The van der Waals surface area contributed by atoms with Crippen molar-refractivity contribution in [2.24, 2.45) is 12.0 Å². The van der Waals surface area contributed by atoms with Gasteiger partial charge in [0.15, 0.2) is 14.6 Å². The van der Waals surface area contributed by atoms with Crippen molar-refractivity contribution in [3.63, 3.8) is 0 Å². The highest BCUT2D eigenvalue weighted by Crippen LogP contribution is 2.21. The molecule has 0 saturated heterocycles. The topological polar surface area (TPSA) is 77.7 Å². The van der Waals surface area contributed by atoms with Crippen LogP contribution in [0.4, 0.5) is 0 Å². The molecular formula is C19H19ClN2O4S2. The molecule has 1 aromatic heterocycles. The van der Waals surface area contributed by atoms with Crippen molar-refractivity contribution in [3.8, 4) is 5.75 Å². The Kier molecular flexibility index (Phi) is 6.22. The lowest BCUT2D eigenvalue weighted by Gasteiger charge is -2.05. The van der Waals surface area contributed by atoms with Gasteiger partial charge in [-0.05, 0) is 48.9 Å². The first-order valence-electron chi connectivity index (χ1n) is 8.49. The van der Waals surface area contributed by atoms with E-state index in [0.717, 1.165) is 10.2 Å². The molecule has 0 spiro atoms. The standard InChI is InChI=1S/C19H19ClN2O4S2/c1-22-16-10-5-13(20)12-17(16)27-19(22)21-18(23)4-3-11-28(24,25)15-8-6-14(26-2)7-9-15/h5-10,12H,3-4,11H2,1-2H3. The summed E-state index contributed by atoms with van der Waals surface area (Å²) in [5.41, 5.74) is 0.933. The van der Waals surface area contributed by atoms with Gasteiger partial charge in [0.05, 0.1) is 28.0 Å². The van der Waals surface area contributed by atoms with Crippen LogP contribution in [-0.4, -0.2) is 31.8 Å². The number of rotatable bonds is 6. The molecule has 0 atom stereocenters. The number of methoxy groups -OCH3 is 1. The van der Waals surface area contributed by atoms with Crippen LogP contribution in [0.25, 0.3) is 10.2 Å². The number of carbonyl (C=O) groups is 1. The molecule has 3 rings (SSSR count). The third-order valence-electron chi connectivity index (χ3n) is 4.21. The SMILES string of the molecule is COc1ccc(S(=O)(=O)CCCC(=O)N=c2sc3cc(Cl)ccc3n2C)cc1. The Hall–Kier alpha value is -2.16. The third kappa shape index (κ3) is 4.63. The van der Waals surface area contributed by atoms with E-state index in [9.17, 15) is 13.2 Å². The first kappa shape index (κ1) is 20.6. The number of hydrogen-bond donors (Lipinski definition) is 0. The van der Waals surface area contributed by atoms with Gasteiger partial charge >= 0.3 is 0 Å². The highest BCUT2D eigenvalue weighted by Gasteiger charge is 2.15. The zero-order chi connectivity index (χ0) is 20.3. The fourth-order valence-corrected chi connectivity index (χ4v) is 5.31. The number of carbonyl (C=O) groups excluding carboxylic acids is 1. The van der Waals surface area contributed by atoms with E-state index < -0.39 is 9.84 Å². The van der Waals surface area contributed by atoms with Gasteiger partial charge < -0.3 is 9.30 Å². The molecule has 0 aliphatic carbocycles. The summed E-state index contributed by atoms with van der Waals surface area (Å²) in [4.78, 5) is 17.1. The van der Waals surface area contributed by atoms with Crippen LogP contribution in [0.15, 0.2) is 52.4 Å². The lowest BCUT2D eigenvalue weighted by atomic mass is 10.3. The smallest absolute Gasteiger partial charge is 0.248 e. The van der Waals surface area contributed by atoms with E-state index in [1.165, 1.54) is 30.6 Å². The van der Waals surface area contributed by atoms with Gasteiger partial charge in [0.25, 0.3) is 0 Å². The number of aromatic nitrogens is 1. The minimum atomic E-state index is -3.45. The molecule has 0 bridgehead atoms. The van der Waals surface area contributed by atoms with Gasteiger partial charge in [-0.15, -0.1) is 0 Å². The molecule has 6 nitrogen and oxygen atoms in total. The second kappa shape index (κ2) is 8.46. The molecule has 3 aromatic rings. The lowest BCUT2D eigenvalue weighted by Crippen LogP contribution is -2.14. The molecule has 0 aliphatic heterocycles. The first-order valence-corrected chi connectivity index (χ1v) is 11.3. The van der Waals surface area contributed by atoms with Crippen molar-refractivity contribution in [2.75, 3.05) is 12.9 Å². The van der Waals surface area contributed by atoms with Gasteiger partial charge in [-0.2, -0.15) is 4.99 Å². The fraction of sp³-hybridized carbons (Fsp3) is 0.263. The number of ether oxygens (including phenoxy) is 1. The quantitative estimate of drug-likeness (QED) is 0.589. The van der Waals surface area contributed by atoms with E-state index in [1.807, 2.05) is 23.7 Å². The van der Waals surface area contributed by atoms with Crippen LogP contribution in [-0.2, 0) is 21.7 Å². The van der Waals surface area contributed by atoms with Crippen LogP contribution in [0, 0.1) is 0 Å². The van der Waals surface area contributed by atoms with Crippen molar-refractivity contribution in [2.45, 2.75) is 17.7 Å². The molecule has 1 amide bonds. The number of amides is 1. The van der Waals surface area contributed by atoms with Crippen LogP contribution in [0.2, 0.25) is 5.02 Å². The Bertz CT molecular complexity index is 1180. The Balaban J connectivity index is 1.67. The maximum absolute atomic E-state index is 12.4. The zero-order valence-corrected chi connectivity index (χ0v) is 17.8. The molecule has 28 heavy (non-hydrogen) atoms. The van der Waals surface area contributed by atoms with Crippen molar-refractivity contribution in [1.82, 2.24) is 4.57 Å². The van der Waals surface area contributed by atoms with Crippen molar-refractivity contribution >= 4 is 48.9 Å². The van der Waals surface area contributed by atoms with Gasteiger partial charge in [0, 0.05) is 18.5 Å². The summed E-state index contributed by atoms with van der Waals surface area (Å²) in [5, 5.41) is 0.621. The van der Waals surface area contributed by atoms with E-state index in [4.69, 9.17) is 16.3 Å². The van der Waals surface area contributed by atoms with Crippen LogP contribution < -0.4 is 9.54 Å². The maximum Gasteiger partial charge on any atom is 0.248 e. The molecule has 0 unspecified atom stereocenters. The normalized spacial score (nSPS) is 12.5. The summed E-state index contributed by atoms with van der Waals surface area (Å²) < 4.78 is 32.5. The predicted molar refractivity (Wildman–Crippen MR) is 111 cm³/mol. The van der Waals surface area contributed by atoms with E-state index >= 15 is 0 Å².